The van der Waals surface area contributed by atoms with Crippen molar-refractivity contribution in [3.8, 4) is 0 Å². The van der Waals surface area contributed by atoms with Gasteiger partial charge in [-0.05, 0) is 25.5 Å². The minimum absolute atomic E-state index is 0.0403. The number of furan rings is 1. The lowest BCUT2D eigenvalue weighted by Gasteiger charge is -2.16. The third-order valence-corrected chi connectivity index (χ3v) is 2.55. The molecule has 0 aromatic carbocycles. The molecule has 2 atom stereocenters. The quantitative estimate of drug-likeness (QED) is 0.631. The van der Waals surface area contributed by atoms with Crippen LogP contribution in [-0.2, 0) is 16.0 Å². The van der Waals surface area contributed by atoms with E-state index in [-0.39, 0.29) is 18.4 Å². The Morgan fingerprint density at radius 3 is 2.78 bits per heavy atom. The van der Waals surface area contributed by atoms with Crippen LogP contribution >= 0.6 is 0 Å². The minimum Gasteiger partial charge on any atom is -0.469 e. The van der Waals surface area contributed by atoms with Crippen molar-refractivity contribution in [2.75, 3.05) is 0 Å². The van der Waals surface area contributed by atoms with E-state index in [9.17, 15) is 9.59 Å². The zero-order valence-electron chi connectivity index (χ0n) is 10.4. The summed E-state index contributed by atoms with van der Waals surface area (Å²) in [4.78, 5) is 22.2. The summed E-state index contributed by atoms with van der Waals surface area (Å²) in [5.41, 5.74) is 10.5. The lowest BCUT2D eigenvalue weighted by Crippen LogP contribution is -2.46. The van der Waals surface area contributed by atoms with E-state index in [1.807, 2.05) is 19.1 Å². The topological polar surface area (TPSA) is 111 Å². The van der Waals surface area contributed by atoms with E-state index < -0.39 is 11.9 Å². The summed E-state index contributed by atoms with van der Waals surface area (Å²) in [5, 5.41) is 2.73. The molecule has 2 amide bonds. The molecule has 1 heterocycles. The number of aryl methyl sites for hydroxylation is 1. The highest BCUT2D eigenvalue weighted by Gasteiger charge is 2.17. The van der Waals surface area contributed by atoms with Crippen molar-refractivity contribution in [3.63, 3.8) is 0 Å². The van der Waals surface area contributed by atoms with E-state index in [0.717, 1.165) is 18.6 Å². The van der Waals surface area contributed by atoms with Crippen LogP contribution in [0.2, 0.25) is 0 Å². The van der Waals surface area contributed by atoms with Crippen LogP contribution < -0.4 is 16.8 Å². The standard InChI is InChI=1S/C12H19N3O3/c1-8(4-5-9-3-2-6-18-9)15-12(17)10(13)7-11(14)16/h2-3,6,8,10H,4-5,7,13H2,1H3,(H2,14,16)(H,15,17). The maximum absolute atomic E-state index is 11.6. The highest BCUT2D eigenvalue weighted by molar-refractivity contribution is 5.87. The van der Waals surface area contributed by atoms with Gasteiger partial charge in [-0.1, -0.05) is 0 Å². The number of rotatable bonds is 7. The SMILES string of the molecule is CC(CCc1ccco1)NC(=O)C(N)CC(N)=O. The van der Waals surface area contributed by atoms with Crippen LogP contribution in [0.25, 0.3) is 0 Å². The lowest BCUT2D eigenvalue weighted by molar-refractivity contribution is -0.126. The molecule has 6 heteroatoms. The molecule has 1 aromatic rings. The van der Waals surface area contributed by atoms with E-state index in [2.05, 4.69) is 5.32 Å². The van der Waals surface area contributed by atoms with Crippen molar-refractivity contribution in [1.82, 2.24) is 5.32 Å². The highest BCUT2D eigenvalue weighted by Crippen LogP contribution is 2.05. The van der Waals surface area contributed by atoms with Gasteiger partial charge < -0.3 is 21.2 Å². The van der Waals surface area contributed by atoms with Crippen molar-refractivity contribution in [2.24, 2.45) is 11.5 Å². The molecular formula is C12H19N3O3. The zero-order valence-corrected chi connectivity index (χ0v) is 10.4. The van der Waals surface area contributed by atoms with Gasteiger partial charge in [0, 0.05) is 12.5 Å². The second-order valence-electron chi connectivity index (χ2n) is 4.30. The number of hydrogen-bond donors (Lipinski definition) is 3. The van der Waals surface area contributed by atoms with Gasteiger partial charge in [-0.15, -0.1) is 0 Å². The summed E-state index contributed by atoms with van der Waals surface area (Å²) in [5.74, 6) is -0.0702. The van der Waals surface area contributed by atoms with Crippen LogP contribution in [0.4, 0.5) is 0 Å². The molecule has 0 fully saturated rings. The fraction of sp³-hybridized carbons (Fsp3) is 0.500. The van der Waals surface area contributed by atoms with Crippen molar-refractivity contribution >= 4 is 11.8 Å². The van der Waals surface area contributed by atoms with Gasteiger partial charge in [-0.25, -0.2) is 0 Å². The molecule has 0 saturated carbocycles. The summed E-state index contributed by atoms with van der Waals surface area (Å²) in [6, 6.07) is 2.78. The summed E-state index contributed by atoms with van der Waals surface area (Å²) in [6.07, 6.45) is 2.94. The van der Waals surface area contributed by atoms with Crippen LogP contribution in [0.15, 0.2) is 22.8 Å². The molecule has 0 aliphatic rings. The molecule has 2 unspecified atom stereocenters. The predicted octanol–water partition coefficient (Wildman–Crippen LogP) is -0.0804. The van der Waals surface area contributed by atoms with Gasteiger partial charge in [0.1, 0.15) is 5.76 Å². The van der Waals surface area contributed by atoms with Crippen LogP contribution in [0.3, 0.4) is 0 Å². The molecule has 6 nitrogen and oxygen atoms in total. The van der Waals surface area contributed by atoms with E-state index in [1.54, 1.807) is 6.26 Å². The largest absolute Gasteiger partial charge is 0.469 e. The molecule has 1 aromatic heterocycles. The lowest BCUT2D eigenvalue weighted by atomic mass is 10.1. The van der Waals surface area contributed by atoms with E-state index >= 15 is 0 Å². The first-order valence-electron chi connectivity index (χ1n) is 5.85. The monoisotopic (exact) mass is 253 g/mol. The van der Waals surface area contributed by atoms with Gasteiger partial charge in [0.2, 0.25) is 11.8 Å². The molecule has 0 spiro atoms. The number of primary amides is 1. The van der Waals surface area contributed by atoms with Gasteiger partial charge in [-0.3, -0.25) is 9.59 Å². The first kappa shape index (κ1) is 14.2. The summed E-state index contributed by atoms with van der Waals surface area (Å²) in [7, 11) is 0. The molecule has 0 bridgehead atoms. The average molecular weight is 253 g/mol. The van der Waals surface area contributed by atoms with Gasteiger partial charge in [0.25, 0.3) is 0 Å². The number of carbonyl (C=O) groups is 2. The van der Waals surface area contributed by atoms with Crippen LogP contribution in [0.1, 0.15) is 25.5 Å². The van der Waals surface area contributed by atoms with Gasteiger partial charge >= 0.3 is 0 Å². The number of nitrogens with two attached hydrogens (primary N) is 2. The molecule has 1 rings (SSSR count). The molecule has 0 aliphatic carbocycles. The van der Waals surface area contributed by atoms with Gasteiger partial charge in [0.15, 0.2) is 0 Å². The molecule has 0 aliphatic heterocycles. The van der Waals surface area contributed by atoms with E-state index in [4.69, 9.17) is 15.9 Å². The smallest absolute Gasteiger partial charge is 0.237 e. The Bertz CT molecular complexity index is 389. The Balaban J connectivity index is 2.28. The van der Waals surface area contributed by atoms with Crippen molar-refractivity contribution in [3.05, 3.63) is 24.2 Å². The van der Waals surface area contributed by atoms with E-state index in [1.165, 1.54) is 0 Å². The minimum atomic E-state index is -0.881. The molecule has 18 heavy (non-hydrogen) atoms. The number of carbonyl (C=O) groups excluding carboxylic acids is 2. The van der Waals surface area contributed by atoms with Crippen molar-refractivity contribution in [1.29, 1.82) is 0 Å². The second kappa shape index (κ2) is 6.80. The Labute approximate surface area is 106 Å². The molecule has 0 radical (unpaired) electrons. The second-order valence-corrected chi connectivity index (χ2v) is 4.30. The van der Waals surface area contributed by atoms with Crippen LogP contribution in [0, 0.1) is 0 Å². The van der Waals surface area contributed by atoms with Crippen molar-refractivity contribution in [2.45, 2.75) is 38.3 Å². The number of hydrogen-bond acceptors (Lipinski definition) is 4. The van der Waals surface area contributed by atoms with Crippen LogP contribution in [-0.4, -0.2) is 23.9 Å². The predicted molar refractivity (Wildman–Crippen MR) is 66.4 cm³/mol. The Morgan fingerprint density at radius 1 is 1.50 bits per heavy atom. The molecule has 5 N–H and O–H groups in total. The highest BCUT2D eigenvalue weighted by atomic mass is 16.3. The molecule has 100 valence electrons. The Kier molecular flexibility index (Phi) is 5.38. The first-order valence-corrected chi connectivity index (χ1v) is 5.85. The van der Waals surface area contributed by atoms with Gasteiger partial charge in [-0.2, -0.15) is 0 Å². The maximum Gasteiger partial charge on any atom is 0.237 e. The normalized spacial score (nSPS) is 13.9. The number of nitrogens with one attached hydrogen (secondary N) is 1. The Hall–Kier alpha value is -1.82. The molecular weight excluding hydrogens is 234 g/mol. The summed E-state index contributed by atoms with van der Waals surface area (Å²) in [6.45, 7) is 1.87. The van der Waals surface area contributed by atoms with E-state index in [0.29, 0.717) is 0 Å². The average Bonchev–Trinajstić information content (AvgIpc) is 2.78. The third kappa shape index (κ3) is 5.01. The maximum atomic E-state index is 11.6. The van der Waals surface area contributed by atoms with Crippen LogP contribution in [0.5, 0.6) is 0 Å². The van der Waals surface area contributed by atoms with Gasteiger partial charge in [0.05, 0.1) is 18.7 Å². The fourth-order valence-electron chi connectivity index (χ4n) is 1.55. The summed E-state index contributed by atoms with van der Waals surface area (Å²) >= 11 is 0. The summed E-state index contributed by atoms with van der Waals surface area (Å²) < 4.78 is 5.19. The number of amides is 2. The van der Waals surface area contributed by atoms with Crippen molar-refractivity contribution < 1.29 is 14.0 Å². The Morgan fingerprint density at radius 2 is 2.22 bits per heavy atom. The fourth-order valence-corrected chi connectivity index (χ4v) is 1.55. The third-order valence-electron chi connectivity index (χ3n) is 2.55. The first-order chi connectivity index (χ1) is 8.49. The zero-order chi connectivity index (χ0) is 13.5. The molecule has 0 saturated heterocycles.